The third-order valence-corrected chi connectivity index (χ3v) is 3.01. The fourth-order valence-electron chi connectivity index (χ4n) is 1.73. The van der Waals surface area contributed by atoms with Crippen LogP contribution >= 0.6 is 0 Å². The molecule has 1 aromatic heterocycles. The molecule has 0 aromatic carbocycles. The van der Waals surface area contributed by atoms with Crippen molar-refractivity contribution in [3.8, 4) is 18.2 Å². The molecule has 0 spiro atoms. The highest BCUT2D eigenvalue weighted by molar-refractivity contribution is 5.75. The minimum absolute atomic E-state index is 0.0854. The molecule has 1 aromatic rings. The highest BCUT2D eigenvalue weighted by Crippen LogP contribution is 2.37. The van der Waals surface area contributed by atoms with E-state index in [0.29, 0.717) is 37.3 Å². The molecule has 0 bridgehead atoms. The molecule has 2 rings (SSSR count). The number of hydrogen-bond donors (Lipinski definition) is 1. The third kappa shape index (κ3) is 3.82. The van der Waals surface area contributed by atoms with Crippen molar-refractivity contribution >= 4 is 5.91 Å². The minimum atomic E-state index is -0.417. The summed E-state index contributed by atoms with van der Waals surface area (Å²) in [6.07, 6.45) is 7.46. The Bertz CT molecular complexity index is 538. The lowest BCUT2D eigenvalue weighted by Gasteiger charge is -2.08. The van der Waals surface area contributed by atoms with Crippen LogP contribution in [-0.2, 0) is 11.3 Å². The first kappa shape index (κ1) is 14.1. The summed E-state index contributed by atoms with van der Waals surface area (Å²) in [6.45, 7) is 0.279. The summed E-state index contributed by atoms with van der Waals surface area (Å²) in [5.41, 5.74) is -0.417. The van der Waals surface area contributed by atoms with Crippen LogP contribution in [0.4, 0.5) is 0 Å². The first-order valence-electron chi connectivity index (χ1n) is 6.31. The second kappa shape index (κ2) is 6.19. The molecular formula is C13H16N4O3. The van der Waals surface area contributed by atoms with E-state index in [1.807, 2.05) is 0 Å². The zero-order valence-corrected chi connectivity index (χ0v) is 11.3. The molecule has 20 heavy (non-hydrogen) atoms. The normalized spacial score (nSPS) is 14.6. The molecule has 1 N–H and O–H groups in total. The number of terminal acetylenes is 1. The van der Waals surface area contributed by atoms with Gasteiger partial charge in [0.05, 0.1) is 13.7 Å². The first-order valence-corrected chi connectivity index (χ1v) is 6.31. The molecule has 0 fully saturated rings. The maximum atomic E-state index is 11.7. The van der Waals surface area contributed by atoms with Gasteiger partial charge in [0.25, 0.3) is 5.88 Å². The summed E-state index contributed by atoms with van der Waals surface area (Å²) in [7, 11) is 1.50. The summed E-state index contributed by atoms with van der Waals surface area (Å²) < 4.78 is 9.85. The van der Waals surface area contributed by atoms with Gasteiger partial charge in [-0.1, -0.05) is 0 Å². The van der Waals surface area contributed by atoms with E-state index in [1.165, 1.54) is 7.11 Å². The predicted octanol–water partition coefficient (Wildman–Crippen LogP) is 1.66. The van der Waals surface area contributed by atoms with Gasteiger partial charge in [0.2, 0.25) is 5.91 Å². The molecule has 2 heterocycles. The fourth-order valence-corrected chi connectivity index (χ4v) is 1.73. The fraction of sp³-hybridized carbons (Fsp3) is 0.538. The average molecular weight is 276 g/mol. The number of carbonyl (C=O) groups is 1. The van der Waals surface area contributed by atoms with Gasteiger partial charge in [-0.25, -0.2) is 0 Å². The van der Waals surface area contributed by atoms with Crippen LogP contribution in [0, 0.1) is 12.3 Å². The Kier molecular flexibility index (Phi) is 4.35. The SMILES string of the molecule is C#CCCC1(CCC(=O)NCc2cc(OC)no2)N=N1. The van der Waals surface area contributed by atoms with E-state index >= 15 is 0 Å². The van der Waals surface area contributed by atoms with Gasteiger partial charge in [-0.15, -0.1) is 12.3 Å². The third-order valence-electron chi connectivity index (χ3n) is 3.01. The van der Waals surface area contributed by atoms with Gasteiger partial charge in [0.1, 0.15) is 0 Å². The van der Waals surface area contributed by atoms with Crippen molar-refractivity contribution in [2.24, 2.45) is 10.2 Å². The Morgan fingerprint density at radius 3 is 2.95 bits per heavy atom. The first-order chi connectivity index (χ1) is 9.67. The van der Waals surface area contributed by atoms with E-state index in [4.69, 9.17) is 15.7 Å². The van der Waals surface area contributed by atoms with Crippen molar-refractivity contribution in [2.45, 2.75) is 37.9 Å². The molecule has 0 radical (unpaired) electrons. The van der Waals surface area contributed by atoms with E-state index < -0.39 is 5.66 Å². The number of aromatic nitrogens is 1. The smallest absolute Gasteiger partial charge is 0.254 e. The lowest BCUT2D eigenvalue weighted by molar-refractivity contribution is -0.121. The molecule has 0 atom stereocenters. The molecule has 0 saturated carbocycles. The Balaban J connectivity index is 1.67. The highest BCUT2D eigenvalue weighted by Gasteiger charge is 2.39. The van der Waals surface area contributed by atoms with Crippen LogP contribution in [0.3, 0.4) is 0 Å². The van der Waals surface area contributed by atoms with Crippen molar-refractivity contribution in [3.63, 3.8) is 0 Å². The molecule has 0 aliphatic carbocycles. The maximum absolute atomic E-state index is 11.7. The summed E-state index contributed by atoms with van der Waals surface area (Å²) in [4.78, 5) is 11.7. The number of ether oxygens (including phenoxy) is 1. The lowest BCUT2D eigenvalue weighted by atomic mass is 10.0. The predicted molar refractivity (Wildman–Crippen MR) is 69.8 cm³/mol. The molecule has 7 heteroatoms. The Morgan fingerprint density at radius 2 is 2.35 bits per heavy atom. The molecule has 106 valence electrons. The van der Waals surface area contributed by atoms with E-state index in [1.54, 1.807) is 6.07 Å². The van der Waals surface area contributed by atoms with Gasteiger partial charge < -0.3 is 14.6 Å². The molecule has 1 amide bonds. The second-order valence-electron chi connectivity index (χ2n) is 4.50. The second-order valence-corrected chi connectivity index (χ2v) is 4.50. The van der Waals surface area contributed by atoms with Gasteiger partial charge in [0.15, 0.2) is 11.4 Å². The summed E-state index contributed by atoms with van der Waals surface area (Å²) in [6, 6.07) is 1.63. The van der Waals surface area contributed by atoms with Gasteiger partial charge in [-0.05, 0) is 5.16 Å². The molecule has 0 unspecified atom stereocenters. The zero-order chi connectivity index (χ0) is 14.4. The van der Waals surface area contributed by atoms with E-state index in [9.17, 15) is 4.79 Å². The average Bonchev–Trinajstić information content (AvgIpc) is 3.09. The minimum Gasteiger partial charge on any atom is -0.479 e. The van der Waals surface area contributed by atoms with Crippen molar-refractivity contribution < 1.29 is 14.1 Å². The monoisotopic (exact) mass is 276 g/mol. The zero-order valence-electron chi connectivity index (χ0n) is 11.3. The number of methoxy groups -OCH3 is 1. The van der Waals surface area contributed by atoms with E-state index in [2.05, 4.69) is 26.6 Å². The summed E-state index contributed by atoms with van der Waals surface area (Å²) in [5, 5.41) is 14.3. The van der Waals surface area contributed by atoms with Crippen molar-refractivity contribution in [2.75, 3.05) is 7.11 Å². The Labute approximate surface area is 116 Å². The van der Waals surface area contributed by atoms with E-state index in [-0.39, 0.29) is 12.5 Å². The number of rotatable bonds is 8. The summed E-state index contributed by atoms with van der Waals surface area (Å²) >= 11 is 0. The molecular weight excluding hydrogens is 260 g/mol. The molecule has 7 nitrogen and oxygen atoms in total. The van der Waals surface area contributed by atoms with Crippen LogP contribution < -0.4 is 10.1 Å². The Hall–Kier alpha value is -2.36. The maximum Gasteiger partial charge on any atom is 0.254 e. The largest absolute Gasteiger partial charge is 0.479 e. The van der Waals surface area contributed by atoms with Gasteiger partial charge in [0, 0.05) is 31.7 Å². The number of hydrogen-bond acceptors (Lipinski definition) is 6. The standard InChI is InChI=1S/C13H16N4O3/c1-3-4-6-13(16-17-13)7-5-11(18)14-9-10-8-12(19-2)15-20-10/h1,8H,4-7,9H2,2H3,(H,14,18). The van der Waals surface area contributed by atoms with Crippen LogP contribution in [-0.4, -0.2) is 23.8 Å². The van der Waals surface area contributed by atoms with Gasteiger partial charge in [-0.3, -0.25) is 4.79 Å². The van der Waals surface area contributed by atoms with Crippen molar-refractivity contribution in [3.05, 3.63) is 11.8 Å². The molecule has 1 aliphatic heterocycles. The summed E-state index contributed by atoms with van der Waals surface area (Å²) in [5.74, 6) is 3.40. The number of nitrogens with zero attached hydrogens (tertiary/aromatic N) is 3. The lowest BCUT2D eigenvalue weighted by Crippen LogP contribution is -2.24. The van der Waals surface area contributed by atoms with Crippen molar-refractivity contribution in [1.29, 1.82) is 0 Å². The Morgan fingerprint density at radius 1 is 1.55 bits per heavy atom. The van der Waals surface area contributed by atoms with Crippen LogP contribution in [0.25, 0.3) is 0 Å². The number of nitrogens with one attached hydrogen (secondary N) is 1. The van der Waals surface area contributed by atoms with Crippen LogP contribution in [0.5, 0.6) is 5.88 Å². The topological polar surface area (TPSA) is 89.1 Å². The van der Waals surface area contributed by atoms with Crippen LogP contribution in [0.2, 0.25) is 0 Å². The van der Waals surface area contributed by atoms with Crippen LogP contribution in [0.15, 0.2) is 20.8 Å². The quantitative estimate of drug-likeness (QED) is 0.731. The van der Waals surface area contributed by atoms with Gasteiger partial charge >= 0.3 is 0 Å². The van der Waals surface area contributed by atoms with Crippen LogP contribution in [0.1, 0.15) is 31.4 Å². The van der Waals surface area contributed by atoms with Gasteiger partial charge in [-0.2, -0.15) is 10.2 Å². The highest BCUT2D eigenvalue weighted by atomic mass is 16.5. The molecule has 0 saturated heterocycles. The molecule has 1 aliphatic rings. The van der Waals surface area contributed by atoms with Crippen molar-refractivity contribution in [1.82, 2.24) is 10.5 Å². The number of carbonyl (C=O) groups excluding carboxylic acids is 1. The van der Waals surface area contributed by atoms with E-state index in [0.717, 1.165) is 0 Å². The number of amides is 1.